The van der Waals surface area contributed by atoms with Gasteiger partial charge in [-0.1, -0.05) is 0 Å². The standard InChI is InChI=1S/C4H6O4.C4H10O3/c5-3(6)1-2-4(7)8;5-1-3-7-4-2-6/h1-2H2,(H,5,6)(H,7,8);5-6H,1-4H2. The van der Waals surface area contributed by atoms with E-state index in [2.05, 4.69) is 4.74 Å². The normalized spacial score (nSPS) is 8.93. The summed E-state index contributed by atoms with van der Waals surface area (Å²) in [5, 5.41) is 32.0. The Kier molecular flexibility index (Phi) is 13.9. The molecule has 0 atom stereocenters. The number of aliphatic hydroxyl groups is 2. The predicted molar refractivity (Wildman–Crippen MR) is 49.5 cm³/mol. The van der Waals surface area contributed by atoms with E-state index in [0.29, 0.717) is 13.2 Å². The lowest BCUT2D eigenvalue weighted by atomic mass is 10.3. The highest BCUT2D eigenvalue weighted by atomic mass is 16.5. The highest BCUT2D eigenvalue weighted by Crippen LogP contribution is 1.86. The van der Waals surface area contributed by atoms with Crippen LogP contribution in [0.5, 0.6) is 0 Å². The van der Waals surface area contributed by atoms with Gasteiger partial charge >= 0.3 is 11.9 Å². The molecule has 7 heteroatoms. The number of ether oxygens (including phenoxy) is 1. The van der Waals surface area contributed by atoms with Crippen LogP contribution in [0.25, 0.3) is 0 Å². The summed E-state index contributed by atoms with van der Waals surface area (Å²) in [7, 11) is 0. The lowest BCUT2D eigenvalue weighted by Crippen LogP contribution is -2.03. The molecule has 15 heavy (non-hydrogen) atoms. The van der Waals surface area contributed by atoms with E-state index in [1.807, 2.05) is 0 Å². The molecule has 0 aliphatic heterocycles. The fourth-order valence-corrected chi connectivity index (χ4v) is 0.445. The van der Waals surface area contributed by atoms with Crippen molar-refractivity contribution in [3.8, 4) is 0 Å². The van der Waals surface area contributed by atoms with Crippen molar-refractivity contribution in [2.45, 2.75) is 12.8 Å². The molecule has 0 unspecified atom stereocenters. The number of aliphatic hydroxyl groups excluding tert-OH is 2. The Bertz CT molecular complexity index is 150. The van der Waals surface area contributed by atoms with Gasteiger partial charge in [0, 0.05) is 0 Å². The topological polar surface area (TPSA) is 124 Å². The first kappa shape index (κ1) is 16.3. The Balaban J connectivity index is 0. The average Bonchev–Trinajstić information content (AvgIpc) is 2.17. The molecule has 0 bridgehead atoms. The summed E-state index contributed by atoms with van der Waals surface area (Å²) in [4.78, 5) is 19.3. The van der Waals surface area contributed by atoms with E-state index >= 15 is 0 Å². The Morgan fingerprint density at radius 2 is 1.20 bits per heavy atom. The van der Waals surface area contributed by atoms with Gasteiger partial charge in [-0.15, -0.1) is 0 Å². The van der Waals surface area contributed by atoms with Crippen molar-refractivity contribution in [2.24, 2.45) is 0 Å². The largest absolute Gasteiger partial charge is 0.481 e. The van der Waals surface area contributed by atoms with Gasteiger partial charge in [0.1, 0.15) is 0 Å². The summed E-state index contributed by atoms with van der Waals surface area (Å²) < 4.78 is 4.63. The molecule has 0 aromatic rings. The highest BCUT2D eigenvalue weighted by molar-refractivity contribution is 5.75. The second-order valence-electron chi connectivity index (χ2n) is 2.35. The minimum atomic E-state index is -1.08. The molecule has 0 aliphatic carbocycles. The Labute approximate surface area is 86.9 Å². The van der Waals surface area contributed by atoms with Gasteiger partial charge in [0.2, 0.25) is 0 Å². The third-order valence-corrected chi connectivity index (χ3v) is 1.02. The monoisotopic (exact) mass is 224 g/mol. The second kappa shape index (κ2) is 12.8. The molecule has 0 heterocycles. The minimum absolute atomic E-state index is 0.0278. The van der Waals surface area contributed by atoms with Crippen molar-refractivity contribution < 1.29 is 34.8 Å². The number of aliphatic carboxylic acids is 2. The van der Waals surface area contributed by atoms with Gasteiger partial charge in [-0.2, -0.15) is 0 Å². The Hall–Kier alpha value is -1.18. The van der Waals surface area contributed by atoms with Gasteiger partial charge in [-0.25, -0.2) is 0 Å². The van der Waals surface area contributed by atoms with Crippen molar-refractivity contribution >= 4 is 11.9 Å². The van der Waals surface area contributed by atoms with Crippen LogP contribution < -0.4 is 0 Å². The van der Waals surface area contributed by atoms with Gasteiger partial charge in [0.05, 0.1) is 39.3 Å². The van der Waals surface area contributed by atoms with Crippen LogP contribution in [0.3, 0.4) is 0 Å². The van der Waals surface area contributed by atoms with Crippen LogP contribution in [0, 0.1) is 0 Å². The zero-order valence-corrected chi connectivity index (χ0v) is 8.26. The lowest BCUT2D eigenvalue weighted by Gasteiger charge is -1.94. The first-order valence-electron chi connectivity index (χ1n) is 4.27. The van der Waals surface area contributed by atoms with Crippen molar-refractivity contribution in [3.05, 3.63) is 0 Å². The molecule has 0 radical (unpaired) electrons. The van der Waals surface area contributed by atoms with E-state index < -0.39 is 11.9 Å². The van der Waals surface area contributed by atoms with Crippen LogP contribution in [0.15, 0.2) is 0 Å². The number of carboxylic acid groups (broad SMARTS) is 2. The smallest absolute Gasteiger partial charge is 0.303 e. The summed E-state index contributed by atoms with van der Waals surface area (Å²) >= 11 is 0. The number of rotatable bonds is 7. The van der Waals surface area contributed by atoms with E-state index in [1.54, 1.807) is 0 Å². The molecular weight excluding hydrogens is 208 g/mol. The highest BCUT2D eigenvalue weighted by Gasteiger charge is 2.00. The zero-order chi connectivity index (χ0) is 12.1. The second-order valence-corrected chi connectivity index (χ2v) is 2.35. The van der Waals surface area contributed by atoms with Gasteiger partial charge in [0.25, 0.3) is 0 Å². The van der Waals surface area contributed by atoms with Crippen LogP contribution >= 0.6 is 0 Å². The number of hydrogen-bond acceptors (Lipinski definition) is 5. The van der Waals surface area contributed by atoms with Gasteiger partial charge in [-0.05, 0) is 0 Å². The molecule has 0 saturated heterocycles. The van der Waals surface area contributed by atoms with Gasteiger partial charge < -0.3 is 25.2 Å². The molecule has 4 N–H and O–H groups in total. The maximum absolute atomic E-state index is 9.64. The molecule has 90 valence electrons. The first-order chi connectivity index (χ1) is 7.04. The maximum Gasteiger partial charge on any atom is 0.303 e. The van der Waals surface area contributed by atoms with Crippen molar-refractivity contribution in [3.63, 3.8) is 0 Å². The van der Waals surface area contributed by atoms with E-state index in [0.717, 1.165) is 0 Å². The summed E-state index contributed by atoms with van der Waals surface area (Å²) in [6.07, 6.45) is -0.593. The molecule has 0 fully saturated rings. The van der Waals surface area contributed by atoms with Crippen LogP contribution in [0.2, 0.25) is 0 Å². The summed E-state index contributed by atoms with van der Waals surface area (Å²) in [5.74, 6) is -2.15. The average molecular weight is 224 g/mol. The summed E-state index contributed by atoms with van der Waals surface area (Å²) in [6, 6.07) is 0. The molecular formula is C8H16O7. The quantitative estimate of drug-likeness (QED) is 0.405. The molecule has 0 rings (SSSR count). The molecule has 0 spiro atoms. The predicted octanol–water partition coefficient (Wildman–Crippen LogP) is -1.08. The summed E-state index contributed by atoms with van der Waals surface area (Å²) in [6.45, 7) is 0.696. The molecule has 7 nitrogen and oxygen atoms in total. The van der Waals surface area contributed by atoms with E-state index in [9.17, 15) is 9.59 Å². The molecule has 0 aromatic carbocycles. The lowest BCUT2D eigenvalue weighted by molar-refractivity contribution is -0.143. The fourth-order valence-electron chi connectivity index (χ4n) is 0.445. The third-order valence-electron chi connectivity index (χ3n) is 1.02. The molecule has 0 saturated carbocycles. The Morgan fingerprint density at radius 3 is 1.40 bits per heavy atom. The van der Waals surface area contributed by atoms with E-state index in [-0.39, 0.29) is 26.1 Å². The Morgan fingerprint density at radius 1 is 0.867 bits per heavy atom. The molecule has 0 aliphatic rings. The van der Waals surface area contributed by atoms with Crippen LogP contribution in [0.4, 0.5) is 0 Å². The van der Waals surface area contributed by atoms with Gasteiger partial charge in [-0.3, -0.25) is 9.59 Å². The van der Waals surface area contributed by atoms with Crippen LogP contribution in [0.1, 0.15) is 12.8 Å². The fraction of sp³-hybridized carbons (Fsp3) is 0.750. The first-order valence-corrected chi connectivity index (χ1v) is 4.27. The van der Waals surface area contributed by atoms with Crippen LogP contribution in [-0.4, -0.2) is 58.8 Å². The van der Waals surface area contributed by atoms with Crippen molar-refractivity contribution in [2.75, 3.05) is 26.4 Å². The van der Waals surface area contributed by atoms with Crippen molar-refractivity contribution in [1.82, 2.24) is 0 Å². The SMILES string of the molecule is O=C(O)CCC(=O)O.OCCOCCO. The maximum atomic E-state index is 9.64. The molecule has 0 amide bonds. The van der Waals surface area contributed by atoms with Crippen molar-refractivity contribution in [1.29, 1.82) is 0 Å². The van der Waals surface area contributed by atoms with E-state index in [4.69, 9.17) is 20.4 Å². The number of hydrogen-bond donors (Lipinski definition) is 4. The molecule has 0 aromatic heterocycles. The van der Waals surface area contributed by atoms with Crippen LogP contribution in [-0.2, 0) is 14.3 Å². The van der Waals surface area contributed by atoms with E-state index in [1.165, 1.54) is 0 Å². The third kappa shape index (κ3) is 24.5. The number of carbonyl (C=O) groups is 2. The minimum Gasteiger partial charge on any atom is -0.481 e. The number of carboxylic acids is 2. The summed E-state index contributed by atoms with van der Waals surface area (Å²) in [5.41, 5.74) is 0. The zero-order valence-electron chi connectivity index (χ0n) is 8.26. The van der Waals surface area contributed by atoms with Gasteiger partial charge in [0.15, 0.2) is 0 Å².